The number of nitrogens with one attached hydrogen (secondary N) is 2. The predicted octanol–water partition coefficient (Wildman–Crippen LogP) is 1.47. The highest BCUT2D eigenvalue weighted by atomic mass is 16.5. The summed E-state index contributed by atoms with van der Waals surface area (Å²) in [7, 11) is 0. The first-order valence-electron chi connectivity index (χ1n) is 5.87. The molecule has 2 N–H and O–H groups in total. The Hall–Kier alpha value is -2.96. The van der Waals surface area contributed by atoms with Crippen LogP contribution in [0, 0.1) is 6.92 Å². The molecular formula is C13H10N4O3. The van der Waals surface area contributed by atoms with Crippen molar-refractivity contribution in [2.45, 2.75) is 6.92 Å². The number of hydrogen-bond acceptors (Lipinski definition) is 5. The number of H-pyrrole nitrogens is 1. The van der Waals surface area contributed by atoms with Gasteiger partial charge in [-0.3, -0.25) is 4.79 Å². The normalized spacial score (nSPS) is 10.7. The molecule has 0 radical (unpaired) electrons. The molecule has 100 valence electrons. The van der Waals surface area contributed by atoms with E-state index in [9.17, 15) is 9.59 Å². The Labute approximate surface area is 112 Å². The average molecular weight is 270 g/mol. The molecule has 3 aromatic rings. The first-order chi connectivity index (χ1) is 9.63. The van der Waals surface area contributed by atoms with Crippen molar-refractivity contribution in [3.8, 4) is 0 Å². The Balaban J connectivity index is 2.05. The van der Waals surface area contributed by atoms with E-state index in [1.54, 1.807) is 37.3 Å². The van der Waals surface area contributed by atoms with E-state index in [0.29, 0.717) is 16.7 Å². The number of carbonyl (C=O) groups excluding carboxylic acids is 1. The van der Waals surface area contributed by atoms with Gasteiger partial charge in [0.05, 0.1) is 5.52 Å². The molecule has 0 aliphatic rings. The third kappa shape index (κ3) is 2.16. The summed E-state index contributed by atoms with van der Waals surface area (Å²) in [6, 6.07) is 8.52. The van der Waals surface area contributed by atoms with E-state index in [-0.39, 0.29) is 11.5 Å². The van der Waals surface area contributed by atoms with E-state index in [1.165, 1.54) is 0 Å². The van der Waals surface area contributed by atoms with Gasteiger partial charge in [-0.05, 0) is 13.0 Å². The van der Waals surface area contributed by atoms with Gasteiger partial charge >= 0.3 is 5.69 Å². The summed E-state index contributed by atoms with van der Waals surface area (Å²) in [4.78, 5) is 30.0. The monoisotopic (exact) mass is 270 g/mol. The fourth-order valence-corrected chi connectivity index (χ4v) is 1.88. The number of nitrogens with zero attached hydrogens (tertiary/aromatic N) is 2. The number of aryl methyl sites for hydroxylation is 1. The molecular weight excluding hydrogens is 260 g/mol. The van der Waals surface area contributed by atoms with Gasteiger partial charge in [-0.25, -0.2) is 4.79 Å². The van der Waals surface area contributed by atoms with Crippen molar-refractivity contribution >= 4 is 22.6 Å². The summed E-state index contributed by atoms with van der Waals surface area (Å²) in [5.74, 6) is 0.336. The van der Waals surface area contributed by atoms with Crippen LogP contribution in [0.25, 0.3) is 10.9 Å². The molecule has 2 aromatic heterocycles. The fourth-order valence-electron chi connectivity index (χ4n) is 1.88. The molecule has 1 amide bonds. The Kier molecular flexibility index (Phi) is 2.79. The standard InChI is InChI=1S/C13H10N4O3/c1-7-6-10(17-20-7)15-12(18)11-8-4-2-3-5-9(8)14-13(19)16-11/h2-6H,1H3,(H,14,16,19)(H,15,17,18). The van der Waals surface area contributed by atoms with Crippen LogP contribution in [0.1, 0.15) is 16.2 Å². The van der Waals surface area contributed by atoms with E-state index >= 15 is 0 Å². The minimum atomic E-state index is -0.579. The van der Waals surface area contributed by atoms with Crippen LogP contribution in [0.15, 0.2) is 39.6 Å². The van der Waals surface area contributed by atoms with Crippen LogP contribution in [0.3, 0.4) is 0 Å². The van der Waals surface area contributed by atoms with Crippen molar-refractivity contribution in [3.63, 3.8) is 0 Å². The van der Waals surface area contributed by atoms with Gasteiger partial charge in [-0.1, -0.05) is 23.4 Å². The Bertz CT molecular complexity index is 850. The minimum absolute atomic E-state index is 0.0463. The zero-order valence-corrected chi connectivity index (χ0v) is 10.5. The zero-order valence-electron chi connectivity index (χ0n) is 10.5. The van der Waals surface area contributed by atoms with Gasteiger partial charge in [0, 0.05) is 11.5 Å². The lowest BCUT2D eigenvalue weighted by atomic mass is 10.2. The van der Waals surface area contributed by atoms with Crippen molar-refractivity contribution in [1.29, 1.82) is 0 Å². The number of aromatic amines is 1. The zero-order chi connectivity index (χ0) is 14.1. The van der Waals surface area contributed by atoms with Crippen LogP contribution in [-0.2, 0) is 0 Å². The van der Waals surface area contributed by atoms with E-state index in [2.05, 4.69) is 20.4 Å². The molecule has 0 fully saturated rings. The Morgan fingerprint density at radius 2 is 2.15 bits per heavy atom. The number of benzene rings is 1. The second kappa shape index (κ2) is 4.61. The van der Waals surface area contributed by atoms with Gasteiger partial charge in [-0.15, -0.1) is 0 Å². The first kappa shape index (κ1) is 12.1. The van der Waals surface area contributed by atoms with E-state index < -0.39 is 11.6 Å². The largest absolute Gasteiger partial charge is 0.360 e. The molecule has 7 heteroatoms. The molecule has 0 aliphatic heterocycles. The smallest absolute Gasteiger partial charge is 0.346 e. The number of hydrogen-bond donors (Lipinski definition) is 2. The number of rotatable bonds is 2. The molecule has 3 rings (SSSR count). The van der Waals surface area contributed by atoms with Crippen LogP contribution < -0.4 is 11.0 Å². The van der Waals surface area contributed by atoms with Crippen LogP contribution in [0.2, 0.25) is 0 Å². The van der Waals surface area contributed by atoms with E-state index in [0.717, 1.165) is 0 Å². The van der Waals surface area contributed by atoms with Crippen LogP contribution in [0.4, 0.5) is 5.82 Å². The number of carbonyl (C=O) groups is 1. The molecule has 7 nitrogen and oxygen atoms in total. The van der Waals surface area contributed by atoms with Gasteiger partial charge in [0.15, 0.2) is 5.82 Å². The highest BCUT2D eigenvalue weighted by Gasteiger charge is 2.15. The van der Waals surface area contributed by atoms with Crippen molar-refractivity contribution in [2.24, 2.45) is 0 Å². The van der Waals surface area contributed by atoms with Crippen LogP contribution in [-0.4, -0.2) is 21.0 Å². The van der Waals surface area contributed by atoms with Crippen molar-refractivity contribution in [3.05, 3.63) is 52.3 Å². The molecule has 0 saturated carbocycles. The lowest BCUT2D eigenvalue weighted by Gasteiger charge is -2.04. The highest BCUT2D eigenvalue weighted by Crippen LogP contribution is 2.15. The molecule has 0 atom stereocenters. The highest BCUT2D eigenvalue weighted by molar-refractivity contribution is 6.10. The lowest BCUT2D eigenvalue weighted by Crippen LogP contribution is -2.21. The first-order valence-corrected chi connectivity index (χ1v) is 5.87. The van der Waals surface area contributed by atoms with Gasteiger partial charge in [0.25, 0.3) is 5.91 Å². The quantitative estimate of drug-likeness (QED) is 0.734. The maximum absolute atomic E-state index is 12.2. The van der Waals surface area contributed by atoms with Gasteiger partial charge in [0.2, 0.25) is 0 Å². The summed E-state index contributed by atoms with van der Waals surface area (Å²) in [5.41, 5.74) is 0.0177. The molecule has 20 heavy (non-hydrogen) atoms. The second-order valence-electron chi connectivity index (χ2n) is 4.21. The van der Waals surface area contributed by atoms with Gasteiger partial charge in [0.1, 0.15) is 11.5 Å². The number of anilines is 1. The number of aromatic nitrogens is 3. The third-order valence-corrected chi connectivity index (χ3v) is 2.72. The predicted molar refractivity (Wildman–Crippen MR) is 71.6 cm³/mol. The lowest BCUT2D eigenvalue weighted by molar-refractivity contribution is 0.102. The van der Waals surface area contributed by atoms with E-state index in [4.69, 9.17) is 4.52 Å². The van der Waals surface area contributed by atoms with Gasteiger partial charge in [-0.2, -0.15) is 4.98 Å². The number of para-hydroxylation sites is 1. The molecule has 0 unspecified atom stereocenters. The third-order valence-electron chi connectivity index (χ3n) is 2.72. The fraction of sp³-hybridized carbons (Fsp3) is 0.0769. The Morgan fingerprint density at radius 3 is 2.90 bits per heavy atom. The maximum Gasteiger partial charge on any atom is 0.346 e. The molecule has 1 aromatic carbocycles. The van der Waals surface area contributed by atoms with Crippen molar-refractivity contribution < 1.29 is 9.32 Å². The topological polar surface area (TPSA) is 101 Å². The van der Waals surface area contributed by atoms with Crippen molar-refractivity contribution in [1.82, 2.24) is 15.1 Å². The van der Waals surface area contributed by atoms with Crippen LogP contribution in [0.5, 0.6) is 0 Å². The number of amides is 1. The second-order valence-corrected chi connectivity index (χ2v) is 4.21. The molecule has 2 heterocycles. The van der Waals surface area contributed by atoms with Gasteiger partial charge < -0.3 is 14.8 Å². The summed E-state index contributed by atoms with van der Waals surface area (Å²) in [5, 5.41) is 6.76. The summed E-state index contributed by atoms with van der Waals surface area (Å²) in [6.07, 6.45) is 0. The Morgan fingerprint density at radius 1 is 1.35 bits per heavy atom. The van der Waals surface area contributed by atoms with Crippen LogP contribution >= 0.6 is 0 Å². The van der Waals surface area contributed by atoms with E-state index in [1.807, 2.05) is 0 Å². The molecule has 0 bridgehead atoms. The molecule has 0 spiro atoms. The average Bonchev–Trinajstić information content (AvgIpc) is 2.83. The summed E-state index contributed by atoms with van der Waals surface area (Å²) in [6.45, 7) is 1.71. The SMILES string of the molecule is Cc1cc(NC(=O)c2nc(=O)[nH]c3ccccc23)no1. The molecule has 0 saturated heterocycles. The number of fused-ring (bicyclic) bond motifs is 1. The summed E-state index contributed by atoms with van der Waals surface area (Å²) >= 11 is 0. The summed E-state index contributed by atoms with van der Waals surface area (Å²) < 4.78 is 4.86. The maximum atomic E-state index is 12.2. The minimum Gasteiger partial charge on any atom is -0.360 e. The molecule has 0 aliphatic carbocycles. The van der Waals surface area contributed by atoms with Crippen molar-refractivity contribution in [2.75, 3.05) is 5.32 Å².